The first-order chi connectivity index (χ1) is 11.0. The second-order valence-electron chi connectivity index (χ2n) is 5.05. The summed E-state index contributed by atoms with van der Waals surface area (Å²) in [6, 6.07) is 13.0. The van der Waals surface area contributed by atoms with Crippen LogP contribution in [-0.4, -0.2) is 15.1 Å². The third-order valence-electron chi connectivity index (χ3n) is 3.73. The van der Waals surface area contributed by atoms with Crippen molar-refractivity contribution in [3.8, 4) is 6.07 Å². The molecule has 1 aromatic carbocycles. The normalized spacial score (nSPS) is 10.4. The quantitative estimate of drug-likeness (QED) is 0.422. The minimum atomic E-state index is -0.541. The number of rotatable bonds is 3. The Kier molecular flexibility index (Phi) is 3.39. The van der Waals surface area contributed by atoms with Gasteiger partial charge in [0.25, 0.3) is 5.69 Å². The van der Waals surface area contributed by atoms with E-state index in [1.807, 2.05) is 0 Å². The van der Waals surface area contributed by atoms with Gasteiger partial charge in [0, 0.05) is 23.9 Å². The maximum absolute atomic E-state index is 12.8. The van der Waals surface area contributed by atoms with Crippen LogP contribution in [0.2, 0.25) is 0 Å². The molecule has 0 fully saturated rings. The third kappa shape index (κ3) is 2.24. The number of benzene rings is 1. The van der Waals surface area contributed by atoms with Crippen molar-refractivity contribution in [3.05, 3.63) is 81.2 Å². The number of aromatic nitrogens is 1. The molecule has 0 saturated carbocycles. The van der Waals surface area contributed by atoms with E-state index in [9.17, 15) is 20.2 Å². The van der Waals surface area contributed by atoms with Crippen molar-refractivity contribution in [1.82, 2.24) is 4.40 Å². The van der Waals surface area contributed by atoms with Gasteiger partial charge in [-0.05, 0) is 24.6 Å². The third-order valence-corrected chi connectivity index (χ3v) is 3.73. The molecule has 3 rings (SSSR count). The topological polar surface area (TPSA) is 88.4 Å². The summed E-state index contributed by atoms with van der Waals surface area (Å²) in [7, 11) is 0. The maximum Gasteiger partial charge on any atom is 0.270 e. The highest BCUT2D eigenvalue weighted by molar-refractivity contribution is 6.10. The first kappa shape index (κ1) is 14.5. The summed E-state index contributed by atoms with van der Waals surface area (Å²) in [5.74, 6) is -0.353. The van der Waals surface area contributed by atoms with Gasteiger partial charge in [0.15, 0.2) is 0 Å². The predicted molar refractivity (Wildman–Crippen MR) is 83.4 cm³/mol. The Morgan fingerprint density at radius 2 is 2.04 bits per heavy atom. The Balaban J connectivity index is 2.23. The predicted octanol–water partition coefficient (Wildman–Crippen LogP) is 3.26. The number of hydrogen-bond donors (Lipinski definition) is 0. The molecule has 6 nitrogen and oxygen atoms in total. The van der Waals surface area contributed by atoms with Crippen molar-refractivity contribution in [3.63, 3.8) is 0 Å². The van der Waals surface area contributed by atoms with Gasteiger partial charge in [-0.1, -0.05) is 18.2 Å². The Bertz CT molecular complexity index is 996. The van der Waals surface area contributed by atoms with Crippen LogP contribution in [0.15, 0.2) is 48.7 Å². The van der Waals surface area contributed by atoms with Crippen LogP contribution in [0.4, 0.5) is 5.69 Å². The van der Waals surface area contributed by atoms with E-state index in [4.69, 9.17) is 0 Å². The molecule has 0 amide bonds. The standard InChI is InChI=1S/C17H11N3O3/c1-11-14(10-18)15-7-2-3-8-19(15)16(11)17(21)12-5-4-6-13(9-12)20(22)23/h2-9H,1H3. The summed E-state index contributed by atoms with van der Waals surface area (Å²) in [5.41, 5.74) is 2.05. The van der Waals surface area contributed by atoms with E-state index in [1.165, 1.54) is 24.3 Å². The van der Waals surface area contributed by atoms with Crippen molar-refractivity contribution < 1.29 is 9.72 Å². The fourth-order valence-corrected chi connectivity index (χ4v) is 2.65. The fourth-order valence-electron chi connectivity index (χ4n) is 2.65. The number of ketones is 1. The van der Waals surface area contributed by atoms with Crippen molar-refractivity contribution >= 4 is 17.0 Å². The number of hydrogen-bond acceptors (Lipinski definition) is 4. The number of fused-ring (bicyclic) bond motifs is 1. The van der Waals surface area contributed by atoms with Gasteiger partial charge in [-0.25, -0.2) is 0 Å². The van der Waals surface area contributed by atoms with Crippen LogP contribution < -0.4 is 0 Å². The van der Waals surface area contributed by atoms with Crippen LogP contribution >= 0.6 is 0 Å². The first-order valence-corrected chi connectivity index (χ1v) is 6.83. The van der Waals surface area contributed by atoms with Gasteiger partial charge in [-0.3, -0.25) is 14.9 Å². The Morgan fingerprint density at radius 3 is 2.74 bits per heavy atom. The smallest absolute Gasteiger partial charge is 0.270 e. The summed E-state index contributed by atoms with van der Waals surface area (Å²) in [4.78, 5) is 23.2. The van der Waals surface area contributed by atoms with Crippen LogP contribution in [0.25, 0.3) is 5.52 Å². The highest BCUT2D eigenvalue weighted by Gasteiger charge is 2.22. The van der Waals surface area contributed by atoms with Gasteiger partial charge >= 0.3 is 0 Å². The molecule has 0 spiro atoms. The molecule has 0 N–H and O–H groups in total. The molecule has 0 unspecified atom stereocenters. The second-order valence-corrected chi connectivity index (χ2v) is 5.05. The van der Waals surface area contributed by atoms with Crippen LogP contribution in [0.5, 0.6) is 0 Å². The number of carbonyl (C=O) groups excluding carboxylic acids is 1. The highest BCUT2D eigenvalue weighted by atomic mass is 16.6. The first-order valence-electron chi connectivity index (χ1n) is 6.83. The molecule has 0 saturated heterocycles. The van der Waals surface area contributed by atoms with Gasteiger partial charge in [-0.15, -0.1) is 0 Å². The zero-order valence-corrected chi connectivity index (χ0v) is 12.2. The molecule has 2 heterocycles. The average Bonchev–Trinajstić information content (AvgIpc) is 2.85. The monoisotopic (exact) mass is 305 g/mol. The van der Waals surface area contributed by atoms with Gasteiger partial charge in [-0.2, -0.15) is 5.26 Å². The number of nitro benzene ring substituents is 1. The highest BCUT2D eigenvalue weighted by Crippen LogP contribution is 2.25. The van der Waals surface area contributed by atoms with Crippen molar-refractivity contribution in [2.45, 2.75) is 6.92 Å². The number of nitrogens with zero attached hydrogens (tertiary/aromatic N) is 3. The molecule has 112 valence electrons. The second kappa shape index (κ2) is 5.39. The van der Waals surface area contributed by atoms with E-state index in [-0.39, 0.29) is 17.0 Å². The SMILES string of the molecule is Cc1c(C#N)c2ccccn2c1C(=O)c1cccc([N+](=O)[O-])c1. The van der Waals surface area contributed by atoms with Gasteiger partial charge < -0.3 is 4.40 Å². The van der Waals surface area contributed by atoms with E-state index in [0.717, 1.165) is 0 Å². The average molecular weight is 305 g/mol. The van der Waals surface area contributed by atoms with E-state index in [0.29, 0.717) is 22.3 Å². The Morgan fingerprint density at radius 1 is 1.26 bits per heavy atom. The minimum Gasteiger partial charge on any atom is -0.312 e. The summed E-state index contributed by atoms with van der Waals surface area (Å²) < 4.78 is 1.65. The lowest BCUT2D eigenvalue weighted by Gasteiger charge is -2.04. The van der Waals surface area contributed by atoms with Crippen molar-refractivity contribution in [2.24, 2.45) is 0 Å². The lowest BCUT2D eigenvalue weighted by Crippen LogP contribution is -2.07. The fraction of sp³-hybridized carbons (Fsp3) is 0.0588. The van der Waals surface area contributed by atoms with Crippen LogP contribution in [0.3, 0.4) is 0 Å². The lowest BCUT2D eigenvalue weighted by atomic mass is 10.0. The molecule has 0 aliphatic heterocycles. The molecule has 3 aromatic rings. The maximum atomic E-state index is 12.8. The molecular weight excluding hydrogens is 294 g/mol. The van der Waals surface area contributed by atoms with E-state index >= 15 is 0 Å². The van der Waals surface area contributed by atoms with Gasteiger partial charge in [0.1, 0.15) is 6.07 Å². The number of pyridine rings is 1. The molecule has 0 bridgehead atoms. The minimum absolute atomic E-state index is 0.144. The number of carbonyl (C=O) groups is 1. The largest absolute Gasteiger partial charge is 0.312 e. The lowest BCUT2D eigenvalue weighted by molar-refractivity contribution is -0.384. The van der Waals surface area contributed by atoms with E-state index in [1.54, 1.807) is 35.7 Å². The van der Waals surface area contributed by atoms with Crippen molar-refractivity contribution in [1.29, 1.82) is 5.26 Å². The zero-order valence-electron chi connectivity index (χ0n) is 12.2. The summed E-state index contributed by atoms with van der Waals surface area (Å²) >= 11 is 0. The van der Waals surface area contributed by atoms with E-state index in [2.05, 4.69) is 6.07 Å². The Labute approximate surface area is 131 Å². The molecule has 2 aromatic heterocycles. The molecule has 0 radical (unpaired) electrons. The Hall–Kier alpha value is -3.46. The van der Waals surface area contributed by atoms with Crippen molar-refractivity contribution in [2.75, 3.05) is 0 Å². The molecule has 0 aliphatic rings. The summed E-state index contributed by atoms with van der Waals surface area (Å²) in [6.45, 7) is 1.70. The van der Waals surface area contributed by atoms with Crippen LogP contribution in [-0.2, 0) is 0 Å². The van der Waals surface area contributed by atoms with Gasteiger partial charge in [0.2, 0.25) is 5.78 Å². The molecular formula is C17H11N3O3. The van der Waals surface area contributed by atoms with Gasteiger partial charge in [0.05, 0.1) is 21.7 Å². The summed E-state index contributed by atoms with van der Waals surface area (Å²) in [6.07, 6.45) is 1.70. The van der Waals surface area contributed by atoms with Crippen LogP contribution in [0.1, 0.15) is 27.2 Å². The molecule has 23 heavy (non-hydrogen) atoms. The number of non-ortho nitro benzene ring substituents is 1. The molecule has 0 aliphatic carbocycles. The van der Waals surface area contributed by atoms with E-state index < -0.39 is 4.92 Å². The number of nitro groups is 1. The summed E-state index contributed by atoms with van der Waals surface area (Å²) in [5, 5.41) is 20.2. The zero-order chi connectivity index (χ0) is 16.6. The molecule has 6 heteroatoms. The number of nitriles is 1. The van der Waals surface area contributed by atoms with Crippen LogP contribution in [0, 0.1) is 28.4 Å². The molecule has 0 atom stereocenters.